The number of carboxylic acid groups (broad SMARTS) is 1. The highest BCUT2D eigenvalue weighted by Gasteiger charge is 2.16. The van der Waals surface area contributed by atoms with Crippen molar-refractivity contribution in [1.29, 1.82) is 0 Å². The second kappa shape index (κ2) is 4.39. The van der Waals surface area contributed by atoms with Gasteiger partial charge in [-0.3, -0.25) is 4.79 Å². The van der Waals surface area contributed by atoms with Crippen LogP contribution in [0.1, 0.15) is 17.3 Å². The first kappa shape index (κ1) is 11.6. The number of amides is 1. The van der Waals surface area contributed by atoms with Gasteiger partial charge in [0, 0.05) is 6.92 Å². The van der Waals surface area contributed by atoms with E-state index in [0.717, 1.165) is 0 Å². The highest BCUT2D eigenvalue weighted by atomic mass is 79.9. The maximum atomic E-state index is 13.5. The Labute approximate surface area is 93.2 Å². The number of rotatable bonds is 2. The van der Waals surface area contributed by atoms with E-state index in [4.69, 9.17) is 5.11 Å². The lowest BCUT2D eigenvalue weighted by atomic mass is 10.2. The van der Waals surface area contributed by atoms with E-state index in [1.807, 2.05) is 0 Å². The Balaban J connectivity index is 3.21. The summed E-state index contributed by atoms with van der Waals surface area (Å²) >= 11 is 2.81. The van der Waals surface area contributed by atoms with Gasteiger partial charge in [0.1, 0.15) is 0 Å². The molecule has 0 saturated heterocycles. The molecule has 0 heterocycles. The lowest BCUT2D eigenvalue weighted by Crippen LogP contribution is -2.09. The number of aromatic carboxylic acids is 1. The molecule has 1 rings (SSSR count). The van der Waals surface area contributed by atoms with Crippen molar-refractivity contribution in [2.45, 2.75) is 6.92 Å². The summed E-state index contributed by atoms with van der Waals surface area (Å²) in [7, 11) is 0. The summed E-state index contributed by atoms with van der Waals surface area (Å²) in [5.74, 6) is -2.47. The first-order chi connectivity index (χ1) is 6.93. The van der Waals surface area contributed by atoms with Gasteiger partial charge in [-0.05, 0) is 28.1 Å². The monoisotopic (exact) mass is 275 g/mol. The number of hydrogen-bond acceptors (Lipinski definition) is 2. The van der Waals surface area contributed by atoms with E-state index in [-0.39, 0.29) is 15.7 Å². The average Bonchev–Trinajstić information content (AvgIpc) is 2.12. The molecule has 0 radical (unpaired) electrons. The summed E-state index contributed by atoms with van der Waals surface area (Å²) in [6, 6.07) is 2.41. The summed E-state index contributed by atoms with van der Waals surface area (Å²) < 4.78 is 13.3. The minimum absolute atomic E-state index is 0.0561. The zero-order valence-corrected chi connectivity index (χ0v) is 9.26. The topological polar surface area (TPSA) is 66.4 Å². The molecule has 6 heteroatoms. The third kappa shape index (κ3) is 2.53. The van der Waals surface area contributed by atoms with Crippen LogP contribution in [-0.2, 0) is 4.79 Å². The van der Waals surface area contributed by atoms with Crippen LogP contribution in [0, 0.1) is 5.82 Å². The van der Waals surface area contributed by atoms with Gasteiger partial charge in [0.15, 0.2) is 5.82 Å². The SMILES string of the molecule is CC(=O)Nc1ccc(C(=O)O)c(Br)c1F. The Morgan fingerprint density at radius 2 is 2.07 bits per heavy atom. The van der Waals surface area contributed by atoms with Gasteiger partial charge in [0.05, 0.1) is 15.7 Å². The van der Waals surface area contributed by atoms with Crippen LogP contribution in [-0.4, -0.2) is 17.0 Å². The van der Waals surface area contributed by atoms with Crippen LogP contribution < -0.4 is 5.32 Å². The summed E-state index contributed by atoms with van der Waals surface area (Å²) in [6.07, 6.45) is 0. The molecule has 1 aromatic carbocycles. The van der Waals surface area contributed by atoms with Gasteiger partial charge >= 0.3 is 5.97 Å². The van der Waals surface area contributed by atoms with Crippen molar-refractivity contribution in [1.82, 2.24) is 0 Å². The van der Waals surface area contributed by atoms with Crippen LogP contribution >= 0.6 is 15.9 Å². The first-order valence-corrected chi connectivity index (χ1v) is 4.71. The molecule has 0 unspecified atom stereocenters. The molecule has 80 valence electrons. The molecule has 0 atom stereocenters. The molecule has 1 amide bonds. The molecule has 0 spiro atoms. The average molecular weight is 276 g/mol. The van der Waals surface area contributed by atoms with Crippen molar-refractivity contribution in [3.63, 3.8) is 0 Å². The predicted molar refractivity (Wildman–Crippen MR) is 55.4 cm³/mol. The van der Waals surface area contributed by atoms with Gasteiger partial charge in [-0.1, -0.05) is 0 Å². The Kier molecular flexibility index (Phi) is 3.41. The van der Waals surface area contributed by atoms with E-state index in [1.165, 1.54) is 19.1 Å². The maximum absolute atomic E-state index is 13.5. The normalized spacial score (nSPS) is 9.80. The molecule has 15 heavy (non-hydrogen) atoms. The lowest BCUT2D eigenvalue weighted by Gasteiger charge is -2.07. The molecular formula is C9H7BrFNO3. The van der Waals surface area contributed by atoms with Crippen molar-refractivity contribution in [3.8, 4) is 0 Å². The van der Waals surface area contributed by atoms with Crippen molar-refractivity contribution >= 4 is 33.5 Å². The number of benzene rings is 1. The predicted octanol–water partition coefficient (Wildman–Crippen LogP) is 2.24. The molecule has 0 aromatic heterocycles. The summed E-state index contributed by atoms with van der Waals surface area (Å²) in [6.45, 7) is 1.23. The fourth-order valence-corrected chi connectivity index (χ4v) is 1.52. The van der Waals surface area contributed by atoms with E-state index < -0.39 is 17.7 Å². The van der Waals surface area contributed by atoms with Gasteiger partial charge in [0.25, 0.3) is 0 Å². The Morgan fingerprint density at radius 1 is 1.47 bits per heavy atom. The fraction of sp³-hybridized carbons (Fsp3) is 0.111. The van der Waals surface area contributed by atoms with Crippen LogP contribution in [0.3, 0.4) is 0 Å². The Morgan fingerprint density at radius 3 is 2.53 bits per heavy atom. The smallest absolute Gasteiger partial charge is 0.336 e. The Hall–Kier alpha value is -1.43. The standard InChI is InChI=1S/C9H7BrFNO3/c1-4(13)12-6-3-2-5(9(14)15)7(10)8(6)11/h2-3H,1H3,(H,12,13)(H,14,15). The lowest BCUT2D eigenvalue weighted by molar-refractivity contribution is -0.114. The first-order valence-electron chi connectivity index (χ1n) is 3.92. The number of anilines is 1. The van der Waals surface area contributed by atoms with Gasteiger partial charge in [-0.15, -0.1) is 0 Å². The number of hydrogen-bond donors (Lipinski definition) is 2. The molecule has 4 nitrogen and oxygen atoms in total. The second-order valence-electron chi connectivity index (χ2n) is 2.77. The molecule has 0 aliphatic rings. The molecule has 0 bridgehead atoms. The molecule has 0 aliphatic carbocycles. The summed E-state index contributed by atoms with van der Waals surface area (Å²) in [5, 5.41) is 10.9. The molecule has 0 saturated carbocycles. The number of carboxylic acids is 1. The quantitative estimate of drug-likeness (QED) is 0.870. The molecule has 2 N–H and O–H groups in total. The van der Waals surface area contributed by atoms with E-state index in [9.17, 15) is 14.0 Å². The maximum Gasteiger partial charge on any atom is 0.336 e. The molecule has 0 fully saturated rings. The number of nitrogens with one attached hydrogen (secondary N) is 1. The molecule has 0 aliphatic heterocycles. The van der Waals surface area contributed by atoms with Crippen LogP contribution in [0.25, 0.3) is 0 Å². The number of halogens is 2. The van der Waals surface area contributed by atoms with Crippen molar-refractivity contribution in [2.75, 3.05) is 5.32 Å². The van der Waals surface area contributed by atoms with Crippen molar-refractivity contribution in [2.24, 2.45) is 0 Å². The number of carbonyl (C=O) groups is 2. The minimum atomic E-state index is -1.24. The van der Waals surface area contributed by atoms with E-state index in [0.29, 0.717) is 0 Å². The van der Waals surface area contributed by atoms with E-state index in [1.54, 1.807) is 0 Å². The van der Waals surface area contributed by atoms with E-state index >= 15 is 0 Å². The third-order valence-electron chi connectivity index (χ3n) is 1.62. The van der Waals surface area contributed by atoms with Crippen LogP contribution in [0.2, 0.25) is 0 Å². The van der Waals surface area contributed by atoms with Crippen molar-refractivity contribution in [3.05, 3.63) is 28.0 Å². The molecule has 1 aromatic rings. The van der Waals surface area contributed by atoms with Crippen LogP contribution in [0.4, 0.5) is 10.1 Å². The highest BCUT2D eigenvalue weighted by molar-refractivity contribution is 9.10. The Bertz CT molecular complexity index is 434. The van der Waals surface area contributed by atoms with Gasteiger partial charge in [-0.25, -0.2) is 9.18 Å². The summed E-state index contributed by atoms with van der Waals surface area (Å²) in [5.41, 5.74) is -0.249. The largest absolute Gasteiger partial charge is 0.478 e. The van der Waals surface area contributed by atoms with Gasteiger partial charge < -0.3 is 10.4 Å². The second-order valence-corrected chi connectivity index (χ2v) is 3.57. The third-order valence-corrected chi connectivity index (χ3v) is 2.40. The van der Waals surface area contributed by atoms with Crippen molar-refractivity contribution < 1.29 is 19.1 Å². The molecular weight excluding hydrogens is 269 g/mol. The minimum Gasteiger partial charge on any atom is -0.478 e. The van der Waals surface area contributed by atoms with Gasteiger partial charge in [-0.2, -0.15) is 0 Å². The zero-order chi connectivity index (χ0) is 11.6. The number of carbonyl (C=O) groups excluding carboxylic acids is 1. The highest BCUT2D eigenvalue weighted by Crippen LogP contribution is 2.26. The van der Waals surface area contributed by atoms with E-state index in [2.05, 4.69) is 21.2 Å². The zero-order valence-electron chi connectivity index (χ0n) is 7.67. The van der Waals surface area contributed by atoms with Crippen LogP contribution in [0.15, 0.2) is 16.6 Å². The fourth-order valence-electron chi connectivity index (χ4n) is 1.00. The van der Waals surface area contributed by atoms with Gasteiger partial charge in [0.2, 0.25) is 5.91 Å². The van der Waals surface area contributed by atoms with Crippen LogP contribution in [0.5, 0.6) is 0 Å². The summed E-state index contributed by atoms with van der Waals surface area (Å²) in [4.78, 5) is 21.3.